The third-order valence-corrected chi connectivity index (χ3v) is 8.17. The maximum atomic E-state index is 15.3. The second-order valence-electron chi connectivity index (χ2n) is 10.8. The zero-order chi connectivity index (χ0) is 28.8. The Bertz CT molecular complexity index is 1720. The van der Waals surface area contributed by atoms with Gasteiger partial charge in [-0.3, -0.25) is 9.59 Å². The number of nitrogens with zero attached hydrogens (tertiary/aromatic N) is 2. The van der Waals surface area contributed by atoms with Gasteiger partial charge >= 0.3 is 5.97 Å². The SMILES string of the molecule is COC(=O)CC1COc2cc(OC3CCc4c(-c5c(C)cc(-c6cnn(C)c(=O)c6)cc5C)ccc(F)c43)ccc21. The number of fused-ring (bicyclic) bond motifs is 2. The Morgan fingerprint density at radius 2 is 1.88 bits per heavy atom. The van der Waals surface area contributed by atoms with Gasteiger partial charge in [-0.25, -0.2) is 9.07 Å². The van der Waals surface area contributed by atoms with Crippen LogP contribution in [0.15, 0.2) is 59.5 Å². The summed E-state index contributed by atoms with van der Waals surface area (Å²) in [6.45, 7) is 4.49. The topological polar surface area (TPSA) is 79.7 Å². The molecule has 7 nitrogen and oxygen atoms in total. The second-order valence-corrected chi connectivity index (χ2v) is 10.8. The fraction of sp³-hybridized carbons (Fsp3) is 0.303. The molecule has 0 saturated heterocycles. The molecule has 0 radical (unpaired) electrons. The molecule has 0 bridgehead atoms. The molecule has 0 saturated carbocycles. The van der Waals surface area contributed by atoms with Gasteiger partial charge in [-0.05, 0) is 72.2 Å². The standard InChI is InChI=1S/C33H31FN2O5/c1-18-11-20(21-13-30(37)36(3)35-16-21)12-19(2)32(18)25-7-9-27(34)33-26(25)8-10-28(33)41-23-5-6-24-22(14-31(38)39-4)17-40-29(24)15-23/h5-7,9,11-13,15-16,22,28H,8,10,14,17H2,1-4H3. The maximum absolute atomic E-state index is 15.3. The van der Waals surface area contributed by atoms with E-state index >= 15 is 4.39 Å². The van der Waals surface area contributed by atoms with Gasteiger partial charge in [0, 0.05) is 41.8 Å². The summed E-state index contributed by atoms with van der Waals surface area (Å²) in [7, 11) is 3.00. The molecule has 0 spiro atoms. The van der Waals surface area contributed by atoms with Crippen molar-refractivity contribution in [1.82, 2.24) is 9.78 Å². The molecule has 2 atom stereocenters. The highest BCUT2D eigenvalue weighted by molar-refractivity contribution is 5.79. The molecule has 1 aromatic heterocycles. The average molecular weight is 555 g/mol. The van der Waals surface area contributed by atoms with Crippen LogP contribution < -0.4 is 15.0 Å². The molecule has 2 unspecified atom stereocenters. The number of rotatable bonds is 6. The van der Waals surface area contributed by atoms with Crippen molar-refractivity contribution in [3.63, 3.8) is 0 Å². The van der Waals surface area contributed by atoms with E-state index in [-0.39, 0.29) is 29.7 Å². The lowest BCUT2D eigenvalue weighted by Gasteiger charge is -2.19. The first kappa shape index (κ1) is 26.7. The molecule has 41 heavy (non-hydrogen) atoms. The second kappa shape index (κ2) is 10.5. The molecule has 6 rings (SSSR count). The van der Waals surface area contributed by atoms with E-state index in [1.165, 1.54) is 17.9 Å². The van der Waals surface area contributed by atoms with Crippen LogP contribution in [0.1, 0.15) is 52.7 Å². The van der Waals surface area contributed by atoms with Crippen molar-refractivity contribution in [2.75, 3.05) is 13.7 Å². The molecule has 0 N–H and O–H groups in total. The third-order valence-electron chi connectivity index (χ3n) is 8.17. The summed E-state index contributed by atoms with van der Waals surface area (Å²) in [5.41, 5.74) is 8.15. The third kappa shape index (κ3) is 4.88. The Morgan fingerprint density at radius 3 is 2.61 bits per heavy atom. The van der Waals surface area contributed by atoms with Crippen LogP contribution in [-0.2, 0) is 23.0 Å². The predicted molar refractivity (Wildman–Crippen MR) is 153 cm³/mol. The van der Waals surface area contributed by atoms with E-state index in [0.29, 0.717) is 36.5 Å². The molecule has 0 amide bonds. The number of esters is 1. The summed E-state index contributed by atoms with van der Waals surface area (Å²) >= 11 is 0. The van der Waals surface area contributed by atoms with E-state index in [4.69, 9.17) is 14.2 Å². The lowest BCUT2D eigenvalue weighted by atomic mass is 9.88. The van der Waals surface area contributed by atoms with Crippen molar-refractivity contribution in [2.24, 2.45) is 7.05 Å². The lowest BCUT2D eigenvalue weighted by molar-refractivity contribution is -0.141. The number of aryl methyl sites for hydroxylation is 3. The number of hydrogen-bond acceptors (Lipinski definition) is 6. The number of aromatic nitrogens is 2. The summed E-state index contributed by atoms with van der Waals surface area (Å²) in [6.07, 6.45) is 2.86. The molecule has 1 aliphatic carbocycles. The normalized spacial score (nSPS) is 17.1. The Hall–Kier alpha value is -4.46. The molecule has 2 heterocycles. The fourth-order valence-corrected chi connectivity index (χ4v) is 6.16. The molecule has 210 valence electrons. The smallest absolute Gasteiger partial charge is 0.306 e. The van der Waals surface area contributed by atoms with E-state index in [1.54, 1.807) is 19.3 Å². The minimum Gasteiger partial charge on any atom is -0.492 e. The lowest BCUT2D eigenvalue weighted by Crippen LogP contribution is -2.17. The van der Waals surface area contributed by atoms with Crippen LogP contribution in [0.3, 0.4) is 0 Å². The van der Waals surface area contributed by atoms with E-state index in [0.717, 1.165) is 44.5 Å². The minimum atomic E-state index is -0.429. The maximum Gasteiger partial charge on any atom is 0.306 e. The highest BCUT2D eigenvalue weighted by Gasteiger charge is 2.32. The Labute approximate surface area is 237 Å². The molecule has 2 aliphatic rings. The first-order valence-corrected chi connectivity index (χ1v) is 13.7. The summed E-state index contributed by atoms with van der Waals surface area (Å²) in [5, 5.41) is 4.15. The zero-order valence-electron chi connectivity index (χ0n) is 23.5. The quantitative estimate of drug-likeness (QED) is 0.273. The van der Waals surface area contributed by atoms with Crippen molar-refractivity contribution in [2.45, 2.75) is 45.1 Å². The molecule has 8 heteroatoms. The number of ether oxygens (including phenoxy) is 3. The van der Waals surface area contributed by atoms with Crippen LogP contribution in [0.4, 0.5) is 4.39 Å². The predicted octanol–water partition coefficient (Wildman–Crippen LogP) is 5.98. The summed E-state index contributed by atoms with van der Waals surface area (Å²) < 4.78 is 33.6. The summed E-state index contributed by atoms with van der Waals surface area (Å²) in [5.74, 6) is 0.676. The van der Waals surface area contributed by atoms with Gasteiger partial charge in [-0.15, -0.1) is 0 Å². The van der Waals surface area contributed by atoms with Gasteiger partial charge in [0.25, 0.3) is 5.56 Å². The van der Waals surface area contributed by atoms with Crippen LogP contribution in [0.5, 0.6) is 11.5 Å². The van der Waals surface area contributed by atoms with Crippen LogP contribution in [0.25, 0.3) is 22.3 Å². The van der Waals surface area contributed by atoms with E-state index in [2.05, 4.69) is 17.2 Å². The van der Waals surface area contributed by atoms with Gasteiger partial charge in [0.05, 0.1) is 26.3 Å². The van der Waals surface area contributed by atoms with Crippen LogP contribution in [-0.4, -0.2) is 29.5 Å². The Morgan fingerprint density at radius 1 is 1.10 bits per heavy atom. The number of methoxy groups -OCH3 is 1. The van der Waals surface area contributed by atoms with Crippen molar-refractivity contribution in [1.29, 1.82) is 0 Å². The monoisotopic (exact) mass is 554 g/mol. The Kier molecular flexibility index (Phi) is 6.85. The Balaban J connectivity index is 1.30. The zero-order valence-corrected chi connectivity index (χ0v) is 23.5. The summed E-state index contributed by atoms with van der Waals surface area (Å²) in [4.78, 5) is 23.9. The largest absolute Gasteiger partial charge is 0.492 e. The molecular formula is C33H31FN2O5. The fourth-order valence-electron chi connectivity index (χ4n) is 6.16. The van der Waals surface area contributed by atoms with Gasteiger partial charge in [0.1, 0.15) is 23.4 Å². The highest BCUT2D eigenvalue weighted by Crippen LogP contribution is 2.45. The van der Waals surface area contributed by atoms with Gasteiger partial charge in [-0.2, -0.15) is 5.10 Å². The number of carbonyl (C=O) groups excluding carboxylic acids is 1. The van der Waals surface area contributed by atoms with Gasteiger partial charge < -0.3 is 14.2 Å². The van der Waals surface area contributed by atoms with Gasteiger partial charge in [0.15, 0.2) is 0 Å². The number of halogens is 1. The first-order chi connectivity index (χ1) is 19.7. The van der Waals surface area contributed by atoms with Crippen molar-refractivity contribution in [3.05, 3.63) is 98.7 Å². The van der Waals surface area contributed by atoms with Crippen molar-refractivity contribution in [3.8, 4) is 33.8 Å². The van der Waals surface area contributed by atoms with Gasteiger partial charge in [-0.1, -0.05) is 24.3 Å². The molecule has 0 fully saturated rings. The first-order valence-electron chi connectivity index (χ1n) is 13.7. The van der Waals surface area contributed by atoms with E-state index in [9.17, 15) is 9.59 Å². The van der Waals surface area contributed by atoms with Crippen LogP contribution in [0, 0.1) is 19.7 Å². The van der Waals surface area contributed by atoms with Crippen LogP contribution in [0.2, 0.25) is 0 Å². The van der Waals surface area contributed by atoms with Crippen LogP contribution >= 0.6 is 0 Å². The molecular weight excluding hydrogens is 523 g/mol. The van der Waals surface area contributed by atoms with E-state index < -0.39 is 6.10 Å². The average Bonchev–Trinajstić information content (AvgIpc) is 3.55. The molecule has 1 aliphatic heterocycles. The number of carbonyl (C=O) groups is 1. The number of hydrogen-bond donors (Lipinski definition) is 0. The van der Waals surface area contributed by atoms with Gasteiger partial charge in [0.2, 0.25) is 0 Å². The van der Waals surface area contributed by atoms with Crippen molar-refractivity contribution >= 4 is 5.97 Å². The van der Waals surface area contributed by atoms with E-state index in [1.807, 2.05) is 38.1 Å². The van der Waals surface area contributed by atoms with Crippen molar-refractivity contribution < 1.29 is 23.4 Å². The number of benzene rings is 3. The molecule has 3 aromatic carbocycles. The molecule has 4 aromatic rings. The highest BCUT2D eigenvalue weighted by atomic mass is 19.1. The minimum absolute atomic E-state index is 0.0555. The summed E-state index contributed by atoms with van der Waals surface area (Å²) in [6, 6.07) is 14.7.